The van der Waals surface area contributed by atoms with E-state index in [4.69, 9.17) is 9.15 Å². The van der Waals surface area contributed by atoms with E-state index < -0.39 is 5.97 Å². The first-order valence-electron chi connectivity index (χ1n) is 8.49. The van der Waals surface area contributed by atoms with E-state index in [1.165, 1.54) is 7.11 Å². The lowest BCUT2D eigenvalue weighted by atomic mass is 9.97. The number of furan rings is 1. The molecule has 4 nitrogen and oxygen atoms in total. The zero-order valence-electron chi connectivity index (χ0n) is 14.6. The van der Waals surface area contributed by atoms with Crippen LogP contribution in [-0.2, 0) is 4.74 Å². The summed E-state index contributed by atoms with van der Waals surface area (Å²) in [5.74, 6) is -0.300. The minimum absolute atomic E-state index is 0.182. The Morgan fingerprint density at radius 3 is 2.15 bits per heavy atom. The van der Waals surface area contributed by atoms with Crippen LogP contribution in [0.5, 0.6) is 0 Å². The fourth-order valence-corrected chi connectivity index (χ4v) is 3.10. The molecule has 0 saturated heterocycles. The van der Waals surface area contributed by atoms with Crippen molar-refractivity contribution >= 4 is 22.7 Å². The van der Waals surface area contributed by atoms with Crippen LogP contribution in [0.15, 0.2) is 83.3 Å². The summed E-state index contributed by atoms with van der Waals surface area (Å²) in [4.78, 5) is 24.8. The molecule has 0 saturated carbocycles. The molecule has 0 atom stereocenters. The quantitative estimate of drug-likeness (QED) is 0.376. The molecule has 0 radical (unpaired) electrons. The molecule has 0 spiro atoms. The molecule has 4 heteroatoms. The van der Waals surface area contributed by atoms with Gasteiger partial charge < -0.3 is 9.15 Å². The third kappa shape index (κ3) is 3.02. The van der Waals surface area contributed by atoms with Crippen LogP contribution < -0.4 is 0 Å². The van der Waals surface area contributed by atoms with Crippen molar-refractivity contribution < 1.29 is 18.7 Å². The van der Waals surface area contributed by atoms with E-state index in [1.807, 2.05) is 42.5 Å². The predicted octanol–water partition coefficient (Wildman–Crippen LogP) is 5.12. The van der Waals surface area contributed by atoms with Crippen LogP contribution >= 0.6 is 0 Å². The Morgan fingerprint density at radius 1 is 0.778 bits per heavy atom. The molecule has 27 heavy (non-hydrogen) atoms. The number of carbonyl (C=O) groups is 2. The molecular weight excluding hydrogens is 340 g/mol. The molecule has 0 unspecified atom stereocenters. The van der Waals surface area contributed by atoms with E-state index in [-0.39, 0.29) is 11.5 Å². The van der Waals surface area contributed by atoms with Gasteiger partial charge in [-0.15, -0.1) is 0 Å². The van der Waals surface area contributed by atoms with Gasteiger partial charge in [0, 0.05) is 16.5 Å². The number of hydrogen-bond donors (Lipinski definition) is 0. The number of para-hydroxylation sites is 1. The van der Waals surface area contributed by atoms with E-state index in [0.29, 0.717) is 16.7 Å². The van der Waals surface area contributed by atoms with Gasteiger partial charge in [-0.3, -0.25) is 4.79 Å². The van der Waals surface area contributed by atoms with Crippen LogP contribution in [0.4, 0.5) is 0 Å². The Labute approximate surface area is 156 Å². The molecule has 132 valence electrons. The first-order chi connectivity index (χ1) is 13.2. The zero-order valence-corrected chi connectivity index (χ0v) is 14.6. The second-order valence-corrected chi connectivity index (χ2v) is 6.07. The highest BCUT2D eigenvalue weighted by Crippen LogP contribution is 2.36. The molecule has 0 amide bonds. The molecule has 0 aliphatic rings. The minimum atomic E-state index is -0.404. The summed E-state index contributed by atoms with van der Waals surface area (Å²) in [7, 11) is 1.34. The van der Waals surface area contributed by atoms with Gasteiger partial charge in [0.1, 0.15) is 5.58 Å². The second-order valence-electron chi connectivity index (χ2n) is 6.07. The molecular formula is C23H16O4. The van der Waals surface area contributed by atoms with Crippen LogP contribution in [0, 0.1) is 0 Å². The normalized spacial score (nSPS) is 10.7. The highest BCUT2D eigenvalue weighted by Gasteiger charge is 2.23. The average Bonchev–Trinajstić information content (AvgIpc) is 3.13. The summed E-state index contributed by atoms with van der Waals surface area (Å²) in [6.45, 7) is 0. The van der Waals surface area contributed by atoms with E-state index >= 15 is 0 Å². The van der Waals surface area contributed by atoms with Crippen molar-refractivity contribution in [2.75, 3.05) is 7.11 Å². The number of benzene rings is 3. The van der Waals surface area contributed by atoms with Crippen molar-refractivity contribution in [2.24, 2.45) is 0 Å². The monoisotopic (exact) mass is 356 g/mol. The van der Waals surface area contributed by atoms with E-state index in [1.54, 1.807) is 36.4 Å². The van der Waals surface area contributed by atoms with Gasteiger partial charge in [0.05, 0.1) is 12.7 Å². The van der Waals surface area contributed by atoms with Crippen molar-refractivity contribution in [3.63, 3.8) is 0 Å². The third-order valence-electron chi connectivity index (χ3n) is 4.43. The van der Waals surface area contributed by atoms with Crippen molar-refractivity contribution in [3.8, 4) is 11.1 Å². The fourth-order valence-electron chi connectivity index (χ4n) is 3.10. The van der Waals surface area contributed by atoms with Crippen LogP contribution in [0.1, 0.15) is 26.5 Å². The summed E-state index contributed by atoms with van der Waals surface area (Å²) in [5.41, 5.74) is 3.17. The van der Waals surface area contributed by atoms with Gasteiger partial charge in [0.2, 0.25) is 5.78 Å². The molecule has 0 aliphatic carbocycles. The molecule has 4 aromatic rings. The predicted molar refractivity (Wildman–Crippen MR) is 103 cm³/mol. The van der Waals surface area contributed by atoms with Gasteiger partial charge in [-0.25, -0.2) is 4.79 Å². The van der Waals surface area contributed by atoms with Crippen molar-refractivity contribution in [1.82, 2.24) is 0 Å². The lowest BCUT2D eigenvalue weighted by molar-refractivity contribution is 0.0600. The van der Waals surface area contributed by atoms with E-state index in [0.717, 1.165) is 16.5 Å². The first-order valence-corrected chi connectivity index (χ1v) is 8.49. The number of rotatable bonds is 4. The van der Waals surface area contributed by atoms with Gasteiger partial charge >= 0.3 is 5.97 Å². The molecule has 0 N–H and O–H groups in total. The maximum atomic E-state index is 13.1. The summed E-state index contributed by atoms with van der Waals surface area (Å²) in [6, 6.07) is 23.5. The van der Waals surface area contributed by atoms with Crippen LogP contribution in [0.3, 0.4) is 0 Å². The van der Waals surface area contributed by atoms with Gasteiger partial charge in [0.25, 0.3) is 0 Å². The minimum Gasteiger partial charge on any atom is -0.465 e. The first kappa shape index (κ1) is 16.8. The Hall–Kier alpha value is -3.66. The number of fused-ring (bicyclic) bond motifs is 1. The molecule has 1 heterocycles. The Kier molecular flexibility index (Phi) is 4.30. The molecule has 1 aromatic heterocycles. The SMILES string of the molecule is COC(=O)c1ccc(-c2c(C(=O)c3ccccc3)oc3ccccc23)cc1. The fraction of sp³-hybridized carbons (Fsp3) is 0.0435. The van der Waals surface area contributed by atoms with Gasteiger partial charge in [-0.1, -0.05) is 60.7 Å². The Bertz CT molecular complexity index is 1120. The summed E-state index contributed by atoms with van der Waals surface area (Å²) >= 11 is 0. The third-order valence-corrected chi connectivity index (χ3v) is 4.43. The highest BCUT2D eigenvalue weighted by atomic mass is 16.5. The van der Waals surface area contributed by atoms with Gasteiger partial charge in [-0.05, 0) is 23.8 Å². The molecule has 3 aromatic carbocycles. The number of ketones is 1. The maximum absolute atomic E-state index is 13.1. The molecule has 0 bridgehead atoms. The van der Waals surface area contributed by atoms with Crippen LogP contribution in [-0.4, -0.2) is 18.9 Å². The van der Waals surface area contributed by atoms with E-state index in [9.17, 15) is 9.59 Å². The number of hydrogen-bond acceptors (Lipinski definition) is 4. The molecule has 0 fully saturated rings. The molecule has 0 aliphatic heterocycles. The highest BCUT2D eigenvalue weighted by molar-refractivity contribution is 6.15. The average molecular weight is 356 g/mol. The summed E-state index contributed by atoms with van der Waals surface area (Å²) < 4.78 is 10.7. The van der Waals surface area contributed by atoms with Crippen LogP contribution in [0.25, 0.3) is 22.1 Å². The zero-order chi connectivity index (χ0) is 18.8. The Balaban J connectivity index is 1.89. The van der Waals surface area contributed by atoms with Crippen molar-refractivity contribution in [3.05, 3.63) is 95.7 Å². The standard InChI is InChI=1S/C23H16O4/c1-26-23(25)17-13-11-15(12-14-17)20-18-9-5-6-10-19(18)27-22(20)21(24)16-7-3-2-4-8-16/h2-14H,1H3. The van der Waals surface area contributed by atoms with Crippen molar-refractivity contribution in [2.45, 2.75) is 0 Å². The number of esters is 1. The summed E-state index contributed by atoms with van der Waals surface area (Å²) in [6.07, 6.45) is 0. The second kappa shape index (κ2) is 6.92. The van der Waals surface area contributed by atoms with Crippen LogP contribution in [0.2, 0.25) is 0 Å². The maximum Gasteiger partial charge on any atom is 0.337 e. The van der Waals surface area contributed by atoms with Gasteiger partial charge in [0.15, 0.2) is 5.76 Å². The largest absolute Gasteiger partial charge is 0.465 e. The molecule has 4 rings (SSSR count). The smallest absolute Gasteiger partial charge is 0.337 e. The lowest BCUT2D eigenvalue weighted by Gasteiger charge is -2.05. The summed E-state index contributed by atoms with van der Waals surface area (Å²) in [5, 5.41) is 0.850. The van der Waals surface area contributed by atoms with Crippen molar-refractivity contribution in [1.29, 1.82) is 0 Å². The topological polar surface area (TPSA) is 56.5 Å². The lowest BCUT2D eigenvalue weighted by Crippen LogP contribution is -2.02. The number of methoxy groups -OCH3 is 1. The Morgan fingerprint density at radius 2 is 1.44 bits per heavy atom. The van der Waals surface area contributed by atoms with Gasteiger partial charge in [-0.2, -0.15) is 0 Å². The van der Waals surface area contributed by atoms with E-state index in [2.05, 4.69) is 0 Å². The number of ether oxygens (including phenoxy) is 1. The number of carbonyl (C=O) groups excluding carboxylic acids is 2.